The number of hydrogen-bond donors (Lipinski definition) is 1. The quantitative estimate of drug-likeness (QED) is 0.630. The summed E-state index contributed by atoms with van der Waals surface area (Å²) in [4.78, 5) is 19.3. The smallest absolute Gasteiger partial charge is 0.222 e. The Bertz CT molecular complexity index is 384. The summed E-state index contributed by atoms with van der Waals surface area (Å²) in [5.41, 5.74) is 5.50. The van der Waals surface area contributed by atoms with Gasteiger partial charge in [0.05, 0.1) is 12.7 Å². The number of ether oxygens (including phenoxy) is 1. The maximum Gasteiger partial charge on any atom is 0.222 e. The van der Waals surface area contributed by atoms with Crippen LogP contribution in [0.25, 0.3) is 0 Å². The third-order valence-electron chi connectivity index (χ3n) is 5.43. The van der Waals surface area contributed by atoms with Gasteiger partial charge in [0.15, 0.2) is 0 Å². The van der Waals surface area contributed by atoms with E-state index in [2.05, 4.69) is 23.6 Å². The Hall–Kier alpha value is -0.690. The predicted molar refractivity (Wildman–Crippen MR) is 102 cm³/mol. The number of carbonyl (C=O) groups is 1. The maximum absolute atomic E-state index is 12.3. The van der Waals surface area contributed by atoms with Crippen molar-refractivity contribution in [3.05, 3.63) is 0 Å². The van der Waals surface area contributed by atoms with Crippen molar-refractivity contribution in [2.45, 2.75) is 58.1 Å². The molecular weight excluding hydrogens is 316 g/mol. The molecular formula is C19H38N4O2. The average molecular weight is 355 g/mol. The van der Waals surface area contributed by atoms with Crippen LogP contribution in [0.2, 0.25) is 0 Å². The summed E-state index contributed by atoms with van der Waals surface area (Å²) in [7, 11) is 0. The molecule has 6 heteroatoms. The van der Waals surface area contributed by atoms with E-state index in [4.69, 9.17) is 10.5 Å². The lowest BCUT2D eigenvalue weighted by molar-refractivity contribution is -0.133. The minimum atomic E-state index is 0.306. The Kier molecular flexibility index (Phi) is 9.17. The van der Waals surface area contributed by atoms with Crippen LogP contribution in [0.4, 0.5) is 0 Å². The van der Waals surface area contributed by atoms with Gasteiger partial charge in [-0.15, -0.1) is 0 Å². The van der Waals surface area contributed by atoms with E-state index < -0.39 is 0 Å². The van der Waals surface area contributed by atoms with Gasteiger partial charge in [-0.1, -0.05) is 12.8 Å². The highest BCUT2D eigenvalue weighted by Crippen LogP contribution is 2.13. The third kappa shape index (κ3) is 7.21. The van der Waals surface area contributed by atoms with E-state index in [0.29, 0.717) is 24.5 Å². The van der Waals surface area contributed by atoms with Crippen LogP contribution >= 0.6 is 0 Å². The van der Waals surface area contributed by atoms with Crippen LogP contribution in [0.15, 0.2) is 0 Å². The van der Waals surface area contributed by atoms with Gasteiger partial charge in [0.25, 0.3) is 0 Å². The number of nitrogens with zero attached hydrogens (tertiary/aromatic N) is 3. The summed E-state index contributed by atoms with van der Waals surface area (Å²) < 4.78 is 5.95. The minimum Gasteiger partial charge on any atom is -0.374 e. The van der Waals surface area contributed by atoms with Gasteiger partial charge < -0.3 is 15.4 Å². The summed E-state index contributed by atoms with van der Waals surface area (Å²) in [6, 6.07) is 0.589. The molecule has 2 heterocycles. The van der Waals surface area contributed by atoms with Crippen molar-refractivity contribution >= 4 is 5.91 Å². The van der Waals surface area contributed by atoms with E-state index in [1.54, 1.807) is 0 Å². The van der Waals surface area contributed by atoms with E-state index in [1.807, 2.05) is 4.90 Å². The largest absolute Gasteiger partial charge is 0.374 e. The van der Waals surface area contributed by atoms with Crippen molar-refractivity contribution < 1.29 is 9.53 Å². The monoisotopic (exact) mass is 354 g/mol. The highest BCUT2D eigenvalue weighted by atomic mass is 16.5. The summed E-state index contributed by atoms with van der Waals surface area (Å²) in [5, 5.41) is 0. The lowest BCUT2D eigenvalue weighted by Gasteiger charge is -2.40. The number of unbranched alkanes of at least 4 members (excludes halogenated alkanes) is 3. The second-order valence-corrected chi connectivity index (χ2v) is 7.72. The molecule has 6 nitrogen and oxygen atoms in total. The lowest BCUT2D eigenvalue weighted by atomic mass is 10.1. The van der Waals surface area contributed by atoms with Crippen LogP contribution in [-0.2, 0) is 9.53 Å². The first kappa shape index (κ1) is 20.6. The molecule has 1 atom stereocenters. The van der Waals surface area contributed by atoms with Crippen molar-refractivity contribution in [2.24, 2.45) is 5.73 Å². The molecule has 0 bridgehead atoms. The van der Waals surface area contributed by atoms with Crippen LogP contribution in [0.3, 0.4) is 0 Å². The molecule has 146 valence electrons. The molecule has 2 aliphatic heterocycles. The Labute approximate surface area is 153 Å². The minimum absolute atomic E-state index is 0.306. The first-order chi connectivity index (χ1) is 12.1. The van der Waals surface area contributed by atoms with E-state index in [9.17, 15) is 4.79 Å². The highest BCUT2D eigenvalue weighted by molar-refractivity contribution is 5.76. The molecule has 0 radical (unpaired) electrons. The fourth-order valence-electron chi connectivity index (χ4n) is 3.72. The maximum atomic E-state index is 12.3. The summed E-state index contributed by atoms with van der Waals surface area (Å²) in [6.45, 7) is 12.8. The predicted octanol–water partition coefficient (Wildman–Crippen LogP) is 1.15. The molecule has 0 aromatic heterocycles. The summed E-state index contributed by atoms with van der Waals surface area (Å²) in [6.07, 6.45) is 5.34. The molecule has 2 rings (SSSR count). The topological polar surface area (TPSA) is 62.0 Å². The van der Waals surface area contributed by atoms with Crippen molar-refractivity contribution in [1.29, 1.82) is 0 Å². The second-order valence-electron chi connectivity index (χ2n) is 7.72. The molecule has 2 fully saturated rings. The van der Waals surface area contributed by atoms with Crippen LogP contribution in [0.5, 0.6) is 0 Å². The zero-order chi connectivity index (χ0) is 18.1. The van der Waals surface area contributed by atoms with Gasteiger partial charge >= 0.3 is 0 Å². The van der Waals surface area contributed by atoms with E-state index >= 15 is 0 Å². The fraction of sp³-hybridized carbons (Fsp3) is 0.947. The van der Waals surface area contributed by atoms with Crippen molar-refractivity contribution in [2.75, 3.05) is 59.0 Å². The second kappa shape index (κ2) is 11.1. The first-order valence-corrected chi connectivity index (χ1v) is 10.2. The number of rotatable bonds is 9. The van der Waals surface area contributed by atoms with Crippen molar-refractivity contribution in [1.82, 2.24) is 14.7 Å². The molecule has 2 saturated heterocycles. The Morgan fingerprint density at radius 2 is 1.80 bits per heavy atom. The van der Waals surface area contributed by atoms with Gasteiger partial charge in [0.1, 0.15) is 0 Å². The van der Waals surface area contributed by atoms with Crippen molar-refractivity contribution in [3.63, 3.8) is 0 Å². The number of nitrogens with two attached hydrogens (primary N) is 1. The molecule has 0 saturated carbocycles. The number of hydrogen-bond acceptors (Lipinski definition) is 5. The molecule has 2 N–H and O–H groups in total. The summed E-state index contributed by atoms with van der Waals surface area (Å²) in [5.74, 6) is 0.326. The van der Waals surface area contributed by atoms with E-state index in [1.165, 1.54) is 0 Å². The Balaban J connectivity index is 1.61. The van der Waals surface area contributed by atoms with Gasteiger partial charge in [0, 0.05) is 58.3 Å². The van der Waals surface area contributed by atoms with Gasteiger partial charge in [-0.05, 0) is 33.2 Å². The fourth-order valence-corrected chi connectivity index (χ4v) is 3.72. The standard InChI is InChI=1S/C19H38N4O2/c1-17(2)23-13-14-25-18(16-23)15-21-9-11-22(12-10-21)19(24)7-5-3-4-6-8-20/h17-18H,3-16,20H2,1-2H3. The molecule has 0 spiro atoms. The molecule has 1 amide bonds. The van der Waals surface area contributed by atoms with Gasteiger partial charge in [-0.2, -0.15) is 0 Å². The number of carbonyl (C=O) groups excluding carboxylic acids is 1. The van der Waals surface area contributed by atoms with Gasteiger partial charge in [-0.3, -0.25) is 14.6 Å². The zero-order valence-electron chi connectivity index (χ0n) is 16.3. The van der Waals surface area contributed by atoms with Gasteiger partial charge in [0.2, 0.25) is 5.91 Å². The normalized spacial score (nSPS) is 23.4. The molecule has 0 aromatic carbocycles. The highest BCUT2D eigenvalue weighted by Gasteiger charge is 2.26. The zero-order valence-corrected chi connectivity index (χ0v) is 16.3. The molecule has 0 aliphatic carbocycles. The van der Waals surface area contributed by atoms with Gasteiger partial charge in [-0.25, -0.2) is 0 Å². The first-order valence-electron chi connectivity index (χ1n) is 10.2. The molecule has 0 aromatic rings. The molecule has 2 aliphatic rings. The SMILES string of the molecule is CC(C)N1CCOC(CN2CCN(C(=O)CCCCCCN)CC2)C1. The number of morpholine rings is 1. The molecule has 1 unspecified atom stereocenters. The Morgan fingerprint density at radius 1 is 1.08 bits per heavy atom. The average Bonchev–Trinajstić information content (AvgIpc) is 2.62. The van der Waals surface area contributed by atoms with Crippen LogP contribution in [0, 0.1) is 0 Å². The number of piperazine rings is 1. The van der Waals surface area contributed by atoms with E-state index in [0.717, 1.165) is 84.6 Å². The van der Waals surface area contributed by atoms with E-state index in [-0.39, 0.29) is 0 Å². The Morgan fingerprint density at radius 3 is 2.48 bits per heavy atom. The number of amides is 1. The van der Waals surface area contributed by atoms with Crippen molar-refractivity contribution in [3.8, 4) is 0 Å². The lowest BCUT2D eigenvalue weighted by Crippen LogP contribution is -2.54. The van der Waals surface area contributed by atoms with Crippen LogP contribution < -0.4 is 5.73 Å². The van der Waals surface area contributed by atoms with Crippen LogP contribution in [-0.4, -0.2) is 91.7 Å². The molecule has 25 heavy (non-hydrogen) atoms. The summed E-state index contributed by atoms with van der Waals surface area (Å²) >= 11 is 0. The van der Waals surface area contributed by atoms with Crippen LogP contribution in [0.1, 0.15) is 46.0 Å². The third-order valence-corrected chi connectivity index (χ3v) is 5.43.